The Morgan fingerprint density at radius 1 is 1.13 bits per heavy atom. The molecule has 3 rings (SSSR count). The van der Waals surface area contributed by atoms with Crippen LogP contribution in [-0.2, 0) is 16.6 Å². The normalized spacial score (nSPS) is 13.8. The van der Waals surface area contributed by atoms with E-state index in [0.717, 1.165) is 5.56 Å². The Kier molecular flexibility index (Phi) is 4.48. The molecule has 0 atom stereocenters. The largest absolute Gasteiger partial charge is 0.486 e. The second-order valence-corrected chi connectivity index (χ2v) is 7.27. The third-order valence-corrected chi connectivity index (χ3v) is 5.56. The van der Waals surface area contributed by atoms with Crippen molar-refractivity contribution in [3.63, 3.8) is 0 Å². The van der Waals surface area contributed by atoms with Crippen molar-refractivity contribution in [3.8, 4) is 11.5 Å². The maximum absolute atomic E-state index is 12.5. The highest BCUT2D eigenvalue weighted by molar-refractivity contribution is 7.89. The molecule has 0 unspecified atom stereocenters. The predicted octanol–water partition coefficient (Wildman–Crippen LogP) is 2.90. The van der Waals surface area contributed by atoms with E-state index in [2.05, 4.69) is 4.72 Å². The van der Waals surface area contributed by atoms with Gasteiger partial charge in [0.2, 0.25) is 10.0 Å². The number of hydrogen-bond acceptors (Lipinski definition) is 4. The fraction of sp³-hybridized carbons (Fsp3) is 0.250. The van der Waals surface area contributed by atoms with E-state index in [1.807, 2.05) is 6.07 Å². The second kappa shape index (κ2) is 6.39. The molecular weight excluding hydrogens is 338 g/mol. The number of fused-ring (bicyclic) bond motifs is 1. The Labute approximate surface area is 140 Å². The fourth-order valence-electron chi connectivity index (χ4n) is 2.40. The van der Waals surface area contributed by atoms with Crippen LogP contribution in [0, 0.1) is 6.92 Å². The number of hydrogen-bond donors (Lipinski definition) is 1. The monoisotopic (exact) mass is 353 g/mol. The molecule has 0 saturated carbocycles. The summed E-state index contributed by atoms with van der Waals surface area (Å²) in [7, 11) is -3.67. The van der Waals surface area contributed by atoms with Crippen LogP contribution in [0.2, 0.25) is 5.02 Å². The topological polar surface area (TPSA) is 64.6 Å². The van der Waals surface area contributed by atoms with E-state index < -0.39 is 10.0 Å². The number of benzene rings is 2. The van der Waals surface area contributed by atoms with Crippen molar-refractivity contribution in [1.82, 2.24) is 4.72 Å². The average molecular weight is 354 g/mol. The van der Waals surface area contributed by atoms with Crippen molar-refractivity contribution >= 4 is 21.6 Å². The number of sulfonamides is 1. The van der Waals surface area contributed by atoms with E-state index in [1.54, 1.807) is 31.2 Å². The molecule has 1 N–H and O–H groups in total. The Bertz CT molecular complexity index is 836. The summed E-state index contributed by atoms with van der Waals surface area (Å²) < 4.78 is 38.7. The number of ether oxygens (including phenoxy) is 2. The molecule has 0 radical (unpaired) electrons. The Balaban J connectivity index is 1.84. The number of rotatable bonds is 4. The number of halogens is 1. The average Bonchev–Trinajstić information content (AvgIpc) is 2.55. The molecule has 0 bridgehead atoms. The van der Waals surface area contributed by atoms with Gasteiger partial charge in [-0.1, -0.05) is 29.8 Å². The molecule has 2 aromatic carbocycles. The summed E-state index contributed by atoms with van der Waals surface area (Å²) in [4.78, 5) is 0.173. The van der Waals surface area contributed by atoms with Gasteiger partial charge in [-0.2, -0.15) is 0 Å². The van der Waals surface area contributed by atoms with Gasteiger partial charge in [0.15, 0.2) is 11.5 Å². The molecule has 0 spiro atoms. The maximum Gasteiger partial charge on any atom is 0.241 e. The molecule has 0 fully saturated rings. The lowest BCUT2D eigenvalue weighted by Gasteiger charge is -2.21. The van der Waals surface area contributed by atoms with Crippen LogP contribution in [0.15, 0.2) is 41.3 Å². The molecule has 0 aromatic heterocycles. The van der Waals surface area contributed by atoms with E-state index in [-0.39, 0.29) is 11.4 Å². The van der Waals surface area contributed by atoms with Gasteiger partial charge in [0.05, 0.1) is 4.90 Å². The number of para-hydroxylation sites is 1. The highest BCUT2D eigenvalue weighted by Crippen LogP contribution is 2.33. The minimum Gasteiger partial charge on any atom is -0.486 e. The molecule has 0 amide bonds. The van der Waals surface area contributed by atoms with Gasteiger partial charge >= 0.3 is 0 Å². The SMILES string of the molecule is Cc1c(Cl)cccc1S(=O)(=O)NCc1cccc2c1OCCO2. The van der Waals surface area contributed by atoms with E-state index in [1.165, 1.54) is 6.07 Å². The van der Waals surface area contributed by atoms with Crippen molar-refractivity contribution in [2.45, 2.75) is 18.4 Å². The first kappa shape index (κ1) is 16.1. The second-order valence-electron chi connectivity index (χ2n) is 5.13. The molecule has 1 heterocycles. The molecular formula is C16H16ClNO4S. The van der Waals surface area contributed by atoms with Crippen LogP contribution in [0.3, 0.4) is 0 Å². The zero-order chi connectivity index (χ0) is 16.4. The van der Waals surface area contributed by atoms with Gasteiger partial charge in [0.25, 0.3) is 0 Å². The van der Waals surface area contributed by atoms with Crippen molar-refractivity contribution < 1.29 is 17.9 Å². The van der Waals surface area contributed by atoms with E-state index in [4.69, 9.17) is 21.1 Å². The van der Waals surface area contributed by atoms with Crippen LogP contribution in [0.1, 0.15) is 11.1 Å². The summed E-state index contributed by atoms with van der Waals surface area (Å²) in [6, 6.07) is 10.2. The van der Waals surface area contributed by atoms with E-state index in [0.29, 0.717) is 35.3 Å². The Hall–Kier alpha value is -1.76. The van der Waals surface area contributed by atoms with Gasteiger partial charge in [-0.15, -0.1) is 0 Å². The lowest BCUT2D eigenvalue weighted by atomic mass is 10.2. The summed E-state index contributed by atoms with van der Waals surface area (Å²) in [5, 5.41) is 0.418. The van der Waals surface area contributed by atoms with Gasteiger partial charge in [-0.25, -0.2) is 13.1 Å². The quantitative estimate of drug-likeness (QED) is 0.918. The lowest BCUT2D eigenvalue weighted by Crippen LogP contribution is -2.25. The highest BCUT2D eigenvalue weighted by atomic mass is 35.5. The van der Waals surface area contributed by atoms with Gasteiger partial charge in [-0.3, -0.25) is 0 Å². The molecule has 2 aromatic rings. The van der Waals surface area contributed by atoms with E-state index in [9.17, 15) is 8.42 Å². The zero-order valence-electron chi connectivity index (χ0n) is 12.5. The van der Waals surface area contributed by atoms with Gasteiger partial charge < -0.3 is 9.47 Å². The van der Waals surface area contributed by atoms with Crippen LogP contribution < -0.4 is 14.2 Å². The highest BCUT2D eigenvalue weighted by Gasteiger charge is 2.20. The minimum absolute atomic E-state index is 0.112. The Morgan fingerprint density at radius 2 is 1.87 bits per heavy atom. The molecule has 5 nitrogen and oxygen atoms in total. The Morgan fingerprint density at radius 3 is 2.70 bits per heavy atom. The molecule has 1 aliphatic rings. The predicted molar refractivity (Wildman–Crippen MR) is 87.6 cm³/mol. The van der Waals surface area contributed by atoms with Crippen molar-refractivity contribution in [1.29, 1.82) is 0 Å². The van der Waals surface area contributed by atoms with Gasteiger partial charge in [-0.05, 0) is 30.7 Å². The summed E-state index contributed by atoms with van der Waals surface area (Å²) >= 11 is 6.00. The summed E-state index contributed by atoms with van der Waals surface area (Å²) in [6.45, 7) is 2.73. The van der Waals surface area contributed by atoms with Crippen LogP contribution in [0.25, 0.3) is 0 Å². The third-order valence-electron chi connectivity index (χ3n) is 3.61. The van der Waals surface area contributed by atoms with Crippen molar-refractivity contribution in [3.05, 3.63) is 52.5 Å². The molecule has 122 valence electrons. The molecule has 7 heteroatoms. The number of nitrogens with one attached hydrogen (secondary N) is 1. The van der Waals surface area contributed by atoms with Crippen LogP contribution in [-0.4, -0.2) is 21.6 Å². The molecule has 23 heavy (non-hydrogen) atoms. The van der Waals surface area contributed by atoms with E-state index >= 15 is 0 Å². The third kappa shape index (κ3) is 3.29. The molecule has 0 saturated heterocycles. The first-order valence-electron chi connectivity index (χ1n) is 7.11. The summed E-state index contributed by atoms with van der Waals surface area (Å²) in [5.41, 5.74) is 1.25. The smallest absolute Gasteiger partial charge is 0.241 e. The summed E-state index contributed by atoms with van der Waals surface area (Å²) in [5.74, 6) is 1.22. The van der Waals surface area contributed by atoms with Crippen LogP contribution in [0.4, 0.5) is 0 Å². The van der Waals surface area contributed by atoms with Gasteiger partial charge in [0.1, 0.15) is 13.2 Å². The first-order valence-corrected chi connectivity index (χ1v) is 8.97. The zero-order valence-corrected chi connectivity index (χ0v) is 14.1. The maximum atomic E-state index is 12.5. The minimum atomic E-state index is -3.67. The standard InChI is InChI=1S/C16H16ClNO4S/c1-11-13(17)5-3-7-15(11)23(19,20)18-10-12-4-2-6-14-16(12)22-9-8-21-14/h2-7,18H,8-10H2,1H3. The lowest BCUT2D eigenvalue weighted by molar-refractivity contribution is 0.170. The molecule has 0 aliphatic carbocycles. The van der Waals surface area contributed by atoms with Crippen molar-refractivity contribution in [2.24, 2.45) is 0 Å². The summed E-state index contributed by atoms with van der Waals surface area (Å²) in [6.07, 6.45) is 0. The molecule has 1 aliphatic heterocycles. The fourth-order valence-corrected chi connectivity index (χ4v) is 3.91. The first-order chi connectivity index (χ1) is 11.0. The van der Waals surface area contributed by atoms with Gasteiger partial charge in [0, 0.05) is 17.1 Å². The van der Waals surface area contributed by atoms with Crippen LogP contribution >= 0.6 is 11.6 Å². The van der Waals surface area contributed by atoms with Crippen LogP contribution in [0.5, 0.6) is 11.5 Å². The van der Waals surface area contributed by atoms with Crippen molar-refractivity contribution in [2.75, 3.05) is 13.2 Å².